The van der Waals surface area contributed by atoms with Crippen LogP contribution in [0, 0.1) is 5.82 Å². The van der Waals surface area contributed by atoms with Gasteiger partial charge in [0.05, 0.1) is 0 Å². The molecular formula is C13H22FN4O5P. The molecule has 24 heavy (non-hydrogen) atoms. The third kappa shape index (κ3) is 4.28. The van der Waals surface area contributed by atoms with Gasteiger partial charge in [-0.05, 0) is 0 Å². The Hall–Kier alpha value is -1.58. The molecule has 0 bridgehead atoms. The van der Waals surface area contributed by atoms with Crippen LogP contribution in [0.5, 0.6) is 0 Å². The summed E-state index contributed by atoms with van der Waals surface area (Å²) < 4.78 is 31.2. The summed E-state index contributed by atoms with van der Waals surface area (Å²) in [5.74, 6) is -0.782. The summed E-state index contributed by atoms with van der Waals surface area (Å²) in [4.78, 5) is 28.1. The second-order valence-corrected chi connectivity index (χ2v) is 7.24. The van der Waals surface area contributed by atoms with Gasteiger partial charge in [0, 0.05) is 0 Å². The Morgan fingerprint density at radius 1 is 1.42 bits per heavy atom. The molecule has 0 saturated carbocycles. The van der Waals surface area contributed by atoms with Gasteiger partial charge in [-0.3, -0.25) is 0 Å². The van der Waals surface area contributed by atoms with Crippen LogP contribution in [0.1, 0.15) is 13.8 Å². The molecule has 2 rings (SSSR count). The third-order valence-electron chi connectivity index (χ3n) is 3.20. The zero-order valence-electron chi connectivity index (χ0n) is 13.5. The summed E-state index contributed by atoms with van der Waals surface area (Å²) in [6, 6.07) is 0. The van der Waals surface area contributed by atoms with E-state index in [4.69, 9.17) is 19.5 Å². The fourth-order valence-electron chi connectivity index (χ4n) is 2.27. The molecule has 0 fully saturated rings. The number of rotatable bonds is 9. The number of nitrogens with one attached hydrogen (secondary N) is 1. The van der Waals surface area contributed by atoms with Gasteiger partial charge in [0.2, 0.25) is 0 Å². The van der Waals surface area contributed by atoms with Crippen molar-refractivity contribution >= 4 is 24.9 Å². The van der Waals surface area contributed by atoms with Gasteiger partial charge in [0.25, 0.3) is 0 Å². The van der Waals surface area contributed by atoms with Crippen molar-refractivity contribution in [2.45, 2.75) is 20.4 Å². The average Bonchev–Trinajstić information content (AvgIpc) is 2.80. The van der Waals surface area contributed by atoms with Gasteiger partial charge < -0.3 is 0 Å². The van der Waals surface area contributed by atoms with E-state index >= 15 is 0 Å². The number of nitrogens with two attached hydrogens (primary N) is 1. The minimum atomic E-state index is -3.35. The summed E-state index contributed by atoms with van der Waals surface area (Å²) in [7, 11) is -3.35. The monoisotopic (exact) mass is 364 g/mol. The molecule has 11 heteroatoms. The predicted molar refractivity (Wildman–Crippen MR) is 89.3 cm³/mol. The molecule has 0 aromatic carbocycles. The van der Waals surface area contributed by atoms with Gasteiger partial charge in [-0.25, -0.2) is 0 Å². The first-order valence-corrected chi connectivity index (χ1v) is 9.49. The number of hydrogen-bond acceptors (Lipinski definition) is 7. The van der Waals surface area contributed by atoms with Gasteiger partial charge in [-0.15, -0.1) is 0 Å². The molecule has 136 valence electrons. The number of hydrogen-bond donors (Lipinski definition) is 3. The van der Waals surface area contributed by atoms with Crippen molar-refractivity contribution in [1.82, 2.24) is 14.5 Å². The normalized spacial score (nSPS) is 12.8. The molecule has 0 spiro atoms. The molecule has 0 aliphatic heterocycles. The maximum atomic E-state index is 13.9. The first-order valence-electron chi connectivity index (χ1n) is 7.52. The molecule has 0 radical (unpaired) electrons. The molecule has 2 aromatic heterocycles. The van der Waals surface area contributed by atoms with Crippen LogP contribution in [0.15, 0.2) is 11.0 Å². The second kappa shape index (κ2) is 8.00. The van der Waals surface area contributed by atoms with Gasteiger partial charge in [-0.2, -0.15) is 0 Å². The summed E-state index contributed by atoms with van der Waals surface area (Å²) >= 11 is 0. The van der Waals surface area contributed by atoms with Crippen molar-refractivity contribution in [1.29, 1.82) is 0 Å². The molecule has 9 nitrogen and oxygen atoms in total. The standard InChI is InChI=1S/C13H22FN4O5P/c1-3-22-24(20,23-4-2)8-21-6-5-18-7-9(14)10-11(18)16-13(15)17-12(10)19/h7,20,24H,3-6,8H2,1-2H3,(H3,15,16,17,19). The Bertz CT molecular complexity index is 744. The first kappa shape index (κ1) is 18.8. The van der Waals surface area contributed by atoms with E-state index in [0.29, 0.717) is 13.2 Å². The van der Waals surface area contributed by atoms with Crippen molar-refractivity contribution in [3.63, 3.8) is 0 Å². The number of anilines is 1. The second-order valence-electron chi connectivity index (χ2n) is 4.95. The number of aromatic nitrogens is 3. The van der Waals surface area contributed by atoms with Crippen LogP contribution in [0.2, 0.25) is 0 Å². The quantitative estimate of drug-likeness (QED) is 0.447. The Balaban J connectivity index is 2.03. The topological polar surface area (TPSA) is 125 Å². The molecule has 2 heterocycles. The van der Waals surface area contributed by atoms with Gasteiger partial charge in [0.1, 0.15) is 0 Å². The van der Waals surface area contributed by atoms with Crippen molar-refractivity contribution in [2.24, 2.45) is 0 Å². The summed E-state index contributed by atoms with van der Waals surface area (Å²) in [5.41, 5.74) is 4.99. The first-order chi connectivity index (χ1) is 11.4. The zero-order chi connectivity index (χ0) is 17.7. The van der Waals surface area contributed by atoms with Gasteiger partial charge in [-0.1, -0.05) is 0 Å². The number of halogens is 1. The maximum absolute atomic E-state index is 13.9. The van der Waals surface area contributed by atoms with Crippen LogP contribution in [0.4, 0.5) is 10.3 Å². The molecule has 0 unspecified atom stereocenters. The number of nitrogen functional groups attached to an aromatic ring is 1. The van der Waals surface area contributed by atoms with Crippen molar-refractivity contribution in [3.05, 3.63) is 22.4 Å². The fraction of sp³-hybridized carbons (Fsp3) is 0.538. The van der Waals surface area contributed by atoms with E-state index in [1.54, 1.807) is 13.8 Å². The van der Waals surface area contributed by atoms with Crippen LogP contribution in [-0.2, 0) is 20.3 Å². The number of H-pyrrole nitrogens is 1. The van der Waals surface area contributed by atoms with E-state index in [0.717, 1.165) is 6.20 Å². The number of fused-ring (bicyclic) bond motifs is 1. The van der Waals surface area contributed by atoms with Gasteiger partial charge >= 0.3 is 137 Å². The van der Waals surface area contributed by atoms with Crippen LogP contribution in [0.3, 0.4) is 0 Å². The molecule has 0 aliphatic carbocycles. The summed E-state index contributed by atoms with van der Waals surface area (Å²) in [6.45, 7) is 4.49. The van der Waals surface area contributed by atoms with E-state index in [1.165, 1.54) is 4.57 Å². The number of ether oxygens (including phenoxy) is 1. The summed E-state index contributed by atoms with van der Waals surface area (Å²) in [6.07, 6.45) is 1.08. The number of nitrogens with zero attached hydrogens (tertiary/aromatic N) is 2. The molecule has 0 aliphatic rings. The van der Waals surface area contributed by atoms with Crippen LogP contribution >= 0.6 is 7.94 Å². The van der Waals surface area contributed by atoms with E-state index < -0.39 is 19.3 Å². The predicted octanol–water partition coefficient (Wildman–Crippen LogP) is 0.980. The molecule has 0 atom stereocenters. The van der Waals surface area contributed by atoms with Crippen LogP contribution in [0.25, 0.3) is 11.0 Å². The van der Waals surface area contributed by atoms with E-state index in [1.807, 2.05) is 0 Å². The average molecular weight is 364 g/mol. The van der Waals surface area contributed by atoms with Crippen molar-refractivity contribution in [2.75, 3.05) is 31.9 Å². The zero-order valence-corrected chi connectivity index (χ0v) is 14.5. The fourth-order valence-corrected chi connectivity index (χ4v) is 3.83. The van der Waals surface area contributed by atoms with Crippen LogP contribution in [-0.4, -0.2) is 45.6 Å². The molecule has 2 aromatic rings. The molecule has 0 amide bonds. The third-order valence-corrected chi connectivity index (χ3v) is 5.25. The van der Waals surface area contributed by atoms with Crippen LogP contribution < -0.4 is 11.3 Å². The van der Waals surface area contributed by atoms with Crippen molar-refractivity contribution in [3.8, 4) is 0 Å². The molecule has 4 N–H and O–H groups in total. The van der Waals surface area contributed by atoms with E-state index in [9.17, 15) is 14.1 Å². The number of aromatic amines is 1. The Morgan fingerprint density at radius 2 is 2.08 bits per heavy atom. The Labute approximate surface area is 138 Å². The summed E-state index contributed by atoms with van der Waals surface area (Å²) in [5, 5.41) is -0.154. The van der Waals surface area contributed by atoms with E-state index in [-0.39, 0.29) is 36.5 Å². The molecule has 0 saturated heterocycles. The van der Waals surface area contributed by atoms with Gasteiger partial charge in [0.15, 0.2) is 0 Å². The molecular weight excluding hydrogens is 342 g/mol. The Kier molecular flexibility index (Phi) is 6.25. The SMILES string of the molecule is CCO[PH](O)(COCCn1cc(F)c2c(=O)[nH]c(N)nc21)OCC. The Morgan fingerprint density at radius 3 is 2.71 bits per heavy atom. The van der Waals surface area contributed by atoms with E-state index in [2.05, 4.69) is 9.97 Å². The van der Waals surface area contributed by atoms with Crippen molar-refractivity contribution < 1.29 is 23.1 Å². The minimum absolute atomic E-state index is 0.0769.